The van der Waals surface area contributed by atoms with Crippen LogP contribution >= 0.6 is 0 Å². The van der Waals surface area contributed by atoms with E-state index in [1.54, 1.807) is 20.8 Å². The van der Waals surface area contributed by atoms with Gasteiger partial charge in [0.05, 0.1) is 6.04 Å². The van der Waals surface area contributed by atoms with E-state index in [1.165, 1.54) is 5.06 Å². The van der Waals surface area contributed by atoms with Crippen LogP contribution in [0.4, 0.5) is 4.79 Å². The number of aliphatic hydroxyl groups excluding tert-OH is 1. The number of nitrogens with zero attached hydrogens (tertiary/aromatic N) is 1. The Kier molecular flexibility index (Phi) is 4.15. The first-order valence-electron chi connectivity index (χ1n) is 5.70. The van der Waals surface area contributed by atoms with Crippen molar-refractivity contribution in [3.05, 3.63) is 0 Å². The van der Waals surface area contributed by atoms with Crippen LogP contribution in [0.5, 0.6) is 0 Å². The Hall–Kier alpha value is -0.810. The Morgan fingerprint density at radius 3 is 2.69 bits per heavy atom. The molecule has 0 saturated carbocycles. The number of carbonyl (C=O) groups is 1. The molecule has 16 heavy (non-hydrogen) atoms. The molecule has 0 aliphatic carbocycles. The van der Waals surface area contributed by atoms with E-state index in [-0.39, 0.29) is 6.04 Å². The van der Waals surface area contributed by atoms with Gasteiger partial charge in [0, 0.05) is 6.42 Å². The van der Waals surface area contributed by atoms with Gasteiger partial charge in [-0.2, -0.15) is 5.06 Å². The van der Waals surface area contributed by atoms with E-state index in [4.69, 9.17) is 9.57 Å². The highest BCUT2D eigenvalue weighted by atomic mass is 16.8. The van der Waals surface area contributed by atoms with E-state index in [1.807, 2.05) is 6.92 Å². The lowest BCUT2D eigenvalue weighted by Gasteiger charge is -2.26. The van der Waals surface area contributed by atoms with Crippen LogP contribution in [0, 0.1) is 0 Å². The molecule has 0 spiro atoms. The summed E-state index contributed by atoms with van der Waals surface area (Å²) in [6.07, 6.45) is 0.759. The van der Waals surface area contributed by atoms with Crippen molar-refractivity contribution < 1.29 is 19.5 Å². The van der Waals surface area contributed by atoms with Gasteiger partial charge >= 0.3 is 6.09 Å². The minimum Gasteiger partial charge on any atom is -0.442 e. The third-order valence-corrected chi connectivity index (χ3v) is 2.24. The van der Waals surface area contributed by atoms with Crippen LogP contribution in [-0.2, 0) is 9.57 Å². The summed E-state index contributed by atoms with van der Waals surface area (Å²) in [7, 11) is 0. The van der Waals surface area contributed by atoms with Gasteiger partial charge in [0.15, 0.2) is 6.29 Å². The summed E-state index contributed by atoms with van der Waals surface area (Å²) >= 11 is 0. The lowest BCUT2D eigenvalue weighted by molar-refractivity contribution is -0.206. The largest absolute Gasteiger partial charge is 0.442 e. The Balaban J connectivity index is 2.59. The van der Waals surface area contributed by atoms with Gasteiger partial charge in [-0.05, 0) is 27.2 Å². The monoisotopic (exact) mass is 231 g/mol. The molecule has 5 heteroatoms. The SMILES string of the molecule is CCC[C@@H]1C[C@@H](O)ON1C(=O)OC(C)(C)C. The van der Waals surface area contributed by atoms with Crippen LogP contribution in [-0.4, -0.2) is 34.2 Å². The maximum absolute atomic E-state index is 11.8. The van der Waals surface area contributed by atoms with Crippen molar-refractivity contribution in [3.8, 4) is 0 Å². The third kappa shape index (κ3) is 3.64. The fourth-order valence-corrected chi connectivity index (χ4v) is 1.66. The van der Waals surface area contributed by atoms with E-state index >= 15 is 0 Å². The fourth-order valence-electron chi connectivity index (χ4n) is 1.66. The molecule has 1 aliphatic heterocycles. The molecule has 0 aromatic carbocycles. The van der Waals surface area contributed by atoms with Crippen molar-refractivity contribution in [1.29, 1.82) is 0 Å². The molecule has 94 valence electrons. The zero-order chi connectivity index (χ0) is 12.3. The van der Waals surface area contributed by atoms with Gasteiger partial charge in [0.1, 0.15) is 5.60 Å². The highest BCUT2D eigenvalue weighted by Gasteiger charge is 2.37. The first-order valence-corrected chi connectivity index (χ1v) is 5.70. The third-order valence-electron chi connectivity index (χ3n) is 2.24. The maximum atomic E-state index is 11.8. The van der Waals surface area contributed by atoms with Crippen molar-refractivity contribution in [2.24, 2.45) is 0 Å². The number of hydroxylamine groups is 2. The summed E-state index contributed by atoms with van der Waals surface area (Å²) in [5.41, 5.74) is -0.551. The topological polar surface area (TPSA) is 59.0 Å². The van der Waals surface area contributed by atoms with Crippen molar-refractivity contribution in [2.45, 2.75) is 64.9 Å². The zero-order valence-electron chi connectivity index (χ0n) is 10.4. The second-order valence-corrected chi connectivity index (χ2v) is 5.04. The number of hydrogen-bond acceptors (Lipinski definition) is 4. The van der Waals surface area contributed by atoms with Crippen molar-refractivity contribution >= 4 is 6.09 Å². The normalized spacial score (nSPS) is 25.9. The molecule has 1 heterocycles. The zero-order valence-corrected chi connectivity index (χ0v) is 10.4. The van der Waals surface area contributed by atoms with Crippen LogP contribution < -0.4 is 0 Å². The molecule has 5 nitrogen and oxygen atoms in total. The van der Waals surface area contributed by atoms with Gasteiger partial charge < -0.3 is 9.84 Å². The molecule has 1 rings (SSSR count). The van der Waals surface area contributed by atoms with Crippen molar-refractivity contribution in [1.82, 2.24) is 5.06 Å². The summed E-state index contributed by atoms with van der Waals surface area (Å²) in [5.74, 6) is 0. The number of ether oxygens (including phenoxy) is 1. The van der Waals surface area contributed by atoms with Crippen molar-refractivity contribution in [2.75, 3.05) is 0 Å². The van der Waals surface area contributed by atoms with E-state index in [2.05, 4.69) is 0 Å². The molecule has 0 aromatic rings. The highest BCUT2D eigenvalue weighted by Crippen LogP contribution is 2.25. The summed E-state index contributed by atoms with van der Waals surface area (Å²) in [5, 5.41) is 10.5. The van der Waals surface area contributed by atoms with Gasteiger partial charge in [-0.1, -0.05) is 13.3 Å². The summed E-state index contributed by atoms with van der Waals surface area (Å²) in [4.78, 5) is 16.8. The quantitative estimate of drug-likeness (QED) is 0.790. The smallest absolute Gasteiger partial charge is 0.434 e. The average molecular weight is 231 g/mol. The minimum absolute atomic E-state index is 0.0881. The second kappa shape index (κ2) is 5.01. The highest BCUT2D eigenvalue weighted by molar-refractivity contribution is 5.67. The van der Waals surface area contributed by atoms with Gasteiger partial charge in [-0.3, -0.25) is 0 Å². The molecule has 0 unspecified atom stereocenters. The van der Waals surface area contributed by atoms with E-state index in [0.717, 1.165) is 12.8 Å². The van der Waals surface area contributed by atoms with Gasteiger partial charge in [0.2, 0.25) is 0 Å². The maximum Gasteiger partial charge on any atom is 0.434 e. The van der Waals surface area contributed by atoms with Crippen LogP contribution in [0.3, 0.4) is 0 Å². The van der Waals surface area contributed by atoms with Gasteiger partial charge in [-0.15, -0.1) is 0 Å². The standard InChI is InChI=1S/C11H21NO4/c1-5-6-8-7-9(13)16-12(8)10(14)15-11(2,3)4/h8-9,13H,5-7H2,1-4H3/t8-,9+/m1/s1. The first kappa shape index (κ1) is 13.3. The molecule has 1 N–H and O–H groups in total. The summed E-state index contributed by atoms with van der Waals surface area (Å²) in [6.45, 7) is 7.42. The van der Waals surface area contributed by atoms with Gasteiger partial charge in [-0.25, -0.2) is 9.63 Å². The molecule has 1 amide bonds. The molecule has 1 aliphatic rings. The fraction of sp³-hybridized carbons (Fsp3) is 0.909. The Morgan fingerprint density at radius 1 is 1.56 bits per heavy atom. The average Bonchev–Trinajstić information content (AvgIpc) is 2.44. The van der Waals surface area contributed by atoms with Crippen LogP contribution in [0.25, 0.3) is 0 Å². The predicted octanol–water partition coefficient (Wildman–Crippen LogP) is 2.05. The number of rotatable bonds is 2. The van der Waals surface area contributed by atoms with Crippen LogP contribution in [0.15, 0.2) is 0 Å². The second-order valence-electron chi connectivity index (χ2n) is 5.04. The number of amides is 1. The Morgan fingerprint density at radius 2 is 2.19 bits per heavy atom. The molecule has 1 fully saturated rings. The van der Waals surface area contributed by atoms with Gasteiger partial charge in [0.25, 0.3) is 0 Å². The summed E-state index contributed by atoms with van der Waals surface area (Å²) < 4.78 is 5.20. The summed E-state index contributed by atoms with van der Waals surface area (Å²) in [6, 6.07) is -0.0881. The molecule has 0 aromatic heterocycles. The molecule has 0 bridgehead atoms. The minimum atomic E-state index is -0.899. The van der Waals surface area contributed by atoms with E-state index < -0.39 is 18.0 Å². The van der Waals surface area contributed by atoms with Crippen LogP contribution in [0.2, 0.25) is 0 Å². The predicted molar refractivity (Wildman–Crippen MR) is 58.5 cm³/mol. The lowest BCUT2D eigenvalue weighted by atomic mass is 10.1. The number of hydrogen-bond donors (Lipinski definition) is 1. The van der Waals surface area contributed by atoms with Crippen LogP contribution in [0.1, 0.15) is 47.0 Å². The molecule has 1 saturated heterocycles. The Bertz CT molecular complexity index is 249. The van der Waals surface area contributed by atoms with E-state index in [9.17, 15) is 9.90 Å². The van der Waals surface area contributed by atoms with Crippen molar-refractivity contribution in [3.63, 3.8) is 0 Å². The Labute approximate surface area is 96.3 Å². The van der Waals surface area contributed by atoms with E-state index in [0.29, 0.717) is 6.42 Å². The molecular formula is C11H21NO4. The first-order chi connectivity index (χ1) is 7.33. The molecular weight excluding hydrogens is 210 g/mol. The number of aliphatic hydroxyl groups is 1. The molecule has 2 atom stereocenters. The lowest BCUT2D eigenvalue weighted by Crippen LogP contribution is -2.39. The molecule has 0 radical (unpaired) electrons. The number of carbonyl (C=O) groups excluding carboxylic acids is 1.